The van der Waals surface area contributed by atoms with Crippen LogP contribution in [0.1, 0.15) is 30.3 Å². The third-order valence-corrected chi connectivity index (χ3v) is 3.26. The summed E-state index contributed by atoms with van der Waals surface area (Å²) < 4.78 is 30.7. The van der Waals surface area contributed by atoms with Gasteiger partial charge in [0.2, 0.25) is 0 Å². The van der Waals surface area contributed by atoms with E-state index in [1.54, 1.807) is 29.5 Å². The van der Waals surface area contributed by atoms with Crippen LogP contribution in [0.5, 0.6) is 0 Å². The van der Waals surface area contributed by atoms with E-state index in [9.17, 15) is 13.6 Å². The number of alkyl halides is 3. The van der Waals surface area contributed by atoms with Gasteiger partial charge < -0.3 is 4.74 Å². The van der Waals surface area contributed by atoms with E-state index < -0.39 is 12.4 Å². The highest BCUT2D eigenvalue weighted by Gasteiger charge is 2.19. The summed E-state index contributed by atoms with van der Waals surface area (Å²) >= 11 is 7.39. The molecule has 0 fully saturated rings. The second-order valence-electron chi connectivity index (χ2n) is 3.37. The molecule has 0 saturated heterocycles. The van der Waals surface area contributed by atoms with Crippen LogP contribution in [0.2, 0.25) is 0 Å². The highest BCUT2D eigenvalue weighted by atomic mass is 127. The van der Waals surface area contributed by atoms with Crippen molar-refractivity contribution in [3.05, 3.63) is 26.6 Å². The van der Waals surface area contributed by atoms with Gasteiger partial charge in [-0.2, -0.15) is 0 Å². The minimum absolute atomic E-state index is 0.0444. The normalized spacial score (nSPS) is 10.8. The van der Waals surface area contributed by atoms with E-state index in [1.807, 2.05) is 0 Å². The zero-order valence-electron chi connectivity index (χ0n) is 9.55. The minimum Gasteiger partial charge on any atom is -0.466 e. The lowest BCUT2D eigenvalue weighted by atomic mass is 10.1. The zero-order valence-corrected chi connectivity index (χ0v) is 12.5. The maximum Gasteiger partial charge on any atom is 0.311 e. The van der Waals surface area contributed by atoms with Crippen molar-refractivity contribution < 1.29 is 18.3 Å². The molecule has 0 unspecified atom stereocenters. The van der Waals surface area contributed by atoms with Crippen molar-refractivity contribution in [3.63, 3.8) is 0 Å². The van der Waals surface area contributed by atoms with Crippen molar-refractivity contribution in [3.8, 4) is 0 Å². The number of carbonyl (C=O) groups excluding carboxylic acids is 1. The molecule has 0 spiro atoms. The van der Waals surface area contributed by atoms with E-state index in [0.29, 0.717) is 9.26 Å². The molecule has 0 saturated carbocycles. The average Bonchev–Trinajstić information content (AvgIpc) is 2.27. The Balaban J connectivity index is 3.03. The summed E-state index contributed by atoms with van der Waals surface area (Å²) in [6, 6.07) is 1.45. The topological polar surface area (TPSA) is 39.2 Å². The van der Waals surface area contributed by atoms with Gasteiger partial charge in [-0.05, 0) is 35.6 Å². The highest BCUT2D eigenvalue weighted by Crippen LogP contribution is 2.28. The Morgan fingerprint density at radius 3 is 2.78 bits per heavy atom. The Labute approximate surface area is 122 Å². The summed E-state index contributed by atoms with van der Waals surface area (Å²) in [4.78, 5) is 15.3. The van der Waals surface area contributed by atoms with Crippen molar-refractivity contribution in [2.24, 2.45) is 0 Å². The first-order chi connectivity index (χ1) is 8.49. The van der Waals surface area contributed by atoms with E-state index in [0.717, 1.165) is 0 Å². The molecule has 1 aromatic rings. The Kier molecular flexibility index (Phi) is 6.20. The Morgan fingerprint density at radius 2 is 2.28 bits per heavy atom. The zero-order chi connectivity index (χ0) is 13.7. The number of aromatic nitrogens is 1. The van der Waals surface area contributed by atoms with Gasteiger partial charge in [-0.1, -0.05) is 0 Å². The van der Waals surface area contributed by atoms with E-state index in [1.165, 1.54) is 6.07 Å². The maximum absolute atomic E-state index is 12.8. The molecule has 0 aliphatic carbocycles. The fourth-order valence-electron chi connectivity index (χ4n) is 1.41. The van der Waals surface area contributed by atoms with E-state index in [-0.39, 0.29) is 30.2 Å². The third-order valence-electron chi connectivity index (χ3n) is 2.12. The van der Waals surface area contributed by atoms with Gasteiger partial charge in [-0.15, -0.1) is 11.6 Å². The summed E-state index contributed by atoms with van der Waals surface area (Å²) in [5, 5.41) is 0. The molecule has 1 rings (SSSR count). The molecule has 3 nitrogen and oxygen atoms in total. The van der Waals surface area contributed by atoms with E-state index in [4.69, 9.17) is 16.3 Å². The first-order valence-corrected chi connectivity index (χ1v) is 6.78. The Hall–Kier alpha value is -0.500. The molecule has 7 heteroatoms. The second kappa shape index (κ2) is 7.18. The second-order valence-corrected chi connectivity index (χ2v) is 4.80. The van der Waals surface area contributed by atoms with Crippen LogP contribution in [0.4, 0.5) is 8.78 Å². The Morgan fingerprint density at radius 1 is 1.61 bits per heavy atom. The van der Waals surface area contributed by atoms with Crippen LogP contribution in [0.15, 0.2) is 6.07 Å². The summed E-state index contributed by atoms with van der Waals surface area (Å²) in [6.07, 6.45) is -2.67. The minimum atomic E-state index is -2.63. The number of nitrogens with zero attached hydrogens (tertiary/aromatic N) is 1. The number of ether oxygens (including phenoxy) is 1. The molecule has 100 valence electrons. The number of carbonyl (C=O) groups is 1. The van der Waals surface area contributed by atoms with Gasteiger partial charge in [0, 0.05) is 3.57 Å². The Bertz CT molecular complexity index is 443. The van der Waals surface area contributed by atoms with Crippen molar-refractivity contribution in [1.82, 2.24) is 4.98 Å². The standard InChI is InChI=1S/C11H11ClF2INO2/c1-2-18-9(17)4-6-3-7(15)10(11(13)14)8(5-12)16-6/h3,11H,2,4-5H2,1H3. The summed E-state index contributed by atoms with van der Waals surface area (Å²) in [6.45, 7) is 1.96. The van der Waals surface area contributed by atoms with E-state index >= 15 is 0 Å². The predicted molar refractivity (Wildman–Crippen MR) is 71.8 cm³/mol. The van der Waals surface area contributed by atoms with Crippen molar-refractivity contribution in [2.45, 2.75) is 25.7 Å². The van der Waals surface area contributed by atoms with E-state index in [2.05, 4.69) is 4.98 Å². The number of pyridine rings is 1. The molecule has 0 aromatic carbocycles. The van der Waals surface area contributed by atoms with Gasteiger partial charge >= 0.3 is 5.97 Å². The van der Waals surface area contributed by atoms with Crippen LogP contribution in [-0.4, -0.2) is 17.6 Å². The van der Waals surface area contributed by atoms with Crippen LogP contribution >= 0.6 is 34.2 Å². The fraction of sp³-hybridized carbons (Fsp3) is 0.455. The number of halogens is 4. The average molecular weight is 390 g/mol. The number of rotatable bonds is 5. The van der Waals surface area contributed by atoms with Gasteiger partial charge in [0.25, 0.3) is 6.43 Å². The fourth-order valence-corrected chi connectivity index (χ4v) is 2.52. The molecule has 0 atom stereocenters. The lowest BCUT2D eigenvalue weighted by Gasteiger charge is -2.10. The molecule has 0 radical (unpaired) electrons. The summed E-state index contributed by atoms with van der Waals surface area (Å²) in [5.41, 5.74) is 0.328. The predicted octanol–water partition coefficient (Wildman–Crippen LogP) is 3.47. The summed E-state index contributed by atoms with van der Waals surface area (Å²) in [5.74, 6) is -0.557. The third kappa shape index (κ3) is 4.01. The van der Waals surface area contributed by atoms with Crippen molar-refractivity contribution >= 4 is 40.2 Å². The van der Waals surface area contributed by atoms with Gasteiger partial charge in [-0.3, -0.25) is 9.78 Å². The SMILES string of the molecule is CCOC(=O)Cc1cc(I)c(C(F)F)c(CCl)n1. The molecule has 1 heterocycles. The highest BCUT2D eigenvalue weighted by molar-refractivity contribution is 14.1. The molecular weight excluding hydrogens is 378 g/mol. The van der Waals surface area contributed by atoms with Crippen LogP contribution in [0, 0.1) is 3.57 Å². The molecule has 18 heavy (non-hydrogen) atoms. The smallest absolute Gasteiger partial charge is 0.311 e. The van der Waals surface area contributed by atoms with Crippen LogP contribution in [0.3, 0.4) is 0 Å². The molecule has 0 amide bonds. The van der Waals surface area contributed by atoms with Crippen LogP contribution in [0.25, 0.3) is 0 Å². The van der Waals surface area contributed by atoms with Gasteiger partial charge in [0.15, 0.2) is 0 Å². The first-order valence-electron chi connectivity index (χ1n) is 5.17. The molecule has 0 aliphatic rings. The summed E-state index contributed by atoms with van der Waals surface area (Å²) in [7, 11) is 0. The van der Waals surface area contributed by atoms with Crippen LogP contribution in [-0.2, 0) is 21.8 Å². The molecule has 1 aromatic heterocycles. The maximum atomic E-state index is 12.8. The van der Waals surface area contributed by atoms with Crippen molar-refractivity contribution in [1.29, 1.82) is 0 Å². The van der Waals surface area contributed by atoms with Gasteiger partial charge in [-0.25, -0.2) is 8.78 Å². The molecular formula is C11H11ClF2INO2. The lowest BCUT2D eigenvalue weighted by molar-refractivity contribution is -0.142. The lowest BCUT2D eigenvalue weighted by Crippen LogP contribution is -2.11. The quantitative estimate of drug-likeness (QED) is 0.440. The van der Waals surface area contributed by atoms with Gasteiger partial charge in [0.05, 0.1) is 35.9 Å². The number of hydrogen-bond donors (Lipinski definition) is 0. The van der Waals surface area contributed by atoms with Crippen LogP contribution < -0.4 is 0 Å². The molecule has 0 bridgehead atoms. The molecule has 0 aliphatic heterocycles. The van der Waals surface area contributed by atoms with Crippen molar-refractivity contribution in [2.75, 3.05) is 6.61 Å². The monoisotopic (exact) mass is 389 g/mol. The number of esters is 1. The molecule has 0 N–H and O–H groups in total. The first kappa shape index (κ1) is 15.6. The van der Waals surface area contributed by atoms with Gasteiger partial charge in [0.1, 0.15) is 0 Å². The number of hydrogen-bond acceptors (Lipinski definition) is 3. The largest absolute Gasteiger partial charge is 0.466 e.